The molecule has 0 heterocycles. The molecule has 3 N–H and O–H groups in total. The Morgan fingerprint density at radius 1 is 0.824 bits per heavy atom. The van der Waals surface area contributed by atoms with Crippen molar-refractivity contribution >= 4 is 0 Å². The van der Waals surface area contributed by atoms with Crippen molar-refractivity contribution in [2.24, 2.45) is 5.73 Å². The maximum atomic E-state index is 5.54. The molecule has 0 aromatic carbocycles. The van der Waals surface area contributed by atoms with Crippen molar-refractivity contribution in [1.29, 1.82) is 0 Å². The van der Waals surface area contributed by atoms with Crippen LogP contribution in [0.2, 0.25) is 0 Å². The minimum atomic E-state index is 0.480. The number of hydrogen-bond donors (Lipinski definition) is 2. The SMILES string of the molecule is CCCCCCCCCCCCNC(C)CN. The minimum absolute atomic E-state index is 0.480. The first-order valence-electron chi connectivity index (χ1n) is 7.74. The lowest BCUT2D eigenvalue weighted by Crippen LogP contribution is -2.33. The monoisotopic (exact) mass is 242 g/mol. The lowest BCUT2D eigenvalue weighted by Gasteiger charge is -2.10. The van der Waals surface area contributed by atoms with Gasteiger partial charge < -0.3 is 11.1 Å². The maximum absolute atomic E-state index is 5.54. The second kappa shape index (κ2) is 14.0. The average molecular weight is 242 g/mol. The van der Waals surface area contributed by atoms with Gasteiger partial charge >= 0.3 is 0 Å². The van der Waals surface area contributed by atoms with E-state index in [9.17, 15) is 0 Å². The van der Waals surface area contributed by atoms with E-state index in [0.29, 0.717) is 6.04 Å². The topological polar surface area (TPSA) is 38.0 Å². The highest BCUT2D eigenvalue weighted by Gasteiger charge is 1.96. The summed E-state index contributed by atoms with van der Waals surface area (Å²) < 4.78 is 0. The predicted molar refractivity (Wildman–Crippen MR) is 78.4 cm³/mol. The molecule has 0 aromatic heterocycles. The highest BCUT2D eigenvalue weighted by atomic mass is 14.9. The minimum Gasteiger partial charge on any atom is -0.329 e. The largest absolute Gasteiger partial charge is 0.329 e. The van der Waals surface area contributed by atoms with Crippen LogP contribution in [0.3, 0.4) is 0 Å². The number of rotatable bonds is 13. The van der Waals surface area contributed by atoms with E-state index >= 15 is 0 Å². The van der Waals surface area contributed by atoms with E-state index in [1.165, 1.54) is 64.2 Å². The van der Waals surface area contributed by atoms with Crippen molar-refractivity contribution in [2.75, 3.05) is 13.1 Å². The number of unbranched alkanes of at least 4 members (excludes halogenated alkanes) is 9. The van der Waals surface area contributed by atoms with Crippen LogP contribution >= 0.6 is 0 Å². The van der Waals surface area contributed by atoms with Gasteiger partial charge in [0.1, 0.15) is 0 Å². The summed E-state index contributed by atoms with van der Waals surface area (Å²) in [6.07, 6.45) is 14.1. The third-order valence-electron chi connectivity index (χ3n) is 3.38. The molecule has 0 aliphatic heterocycles. The van der Waals surface area contributed by atoms with E-state index in [1.807, 2.05) is 0 Å². The molecule has 0 saturated heterocycles. The Labute approximate surface area is 109 Å². The Balaban J connectivity index is 2.94. The molecule has 2 heteroatoms. The Morgan fingerprint density at radius 3 is 1.76 bits per heavy atom. The molecule has 0 aliphatic rings. The van der Waals surface area contributed by atoms with Crippen molar-refractivity contribution in [3.63, 3.8) is 0 Å². The fourth-order valence-corrected chi connectivity index (χ4v) is 2.04. The standard InChI is InChI=1S/C15H34N2/c1-3-4-5-6-7-8-9-10-11-12-13-17-15(2)14-16/h15,17H,3-14,16H2,1-2H3. The van der Waals surface area contributed by atoms with Crippen molar-refractivity contribution in [3.8, 4) is 0 Å². The van der Waals surface area contributed by atoms with Crippen molar-refractivity contribution < 1.29 is 0 Å². The zero-order valence-corrected chi connectivity index (χ0v) is 12.1. The van der Waals surface area contributed by atoms with Gasteiger partial charge in [-0.1, -0.05) is 64.7 Å². The van der Waals surface area contributed by atoms with Gasteiger partial charge in [-0.05, 0) is 19.9 Å². The molecule has 1 unspecified atom stereocenters. The van der Waals surface area contributed by atoms with Crippen LogP contribution < -0.4 is 11.1 Å². The van der Waals surface area contributed by atoms with Crippen LogP contribution in [-0.2, 0) is 0 Å². The molecular formula is C15H34N2. The molecule has 0 rings (SSSR count). The first kappa shape index (κ1) is 16.9. The van der Waals surface area contributed by atoms with Gasteiger partial charge in [0.05, 0.1) is 0 Å². The number of hydrogen-bond acceptors (Lipinski definition) is 2. The van der Waals surface area contributed by atoms with Gasteiger partial charge in [-0.2, -0.15) is 0 Å². The molecule has 1 atom stereocenters. The average Bonchev–Trinajstić information content (AvgIpc) is 2.35. The number of nitrogens with one attached hydrogen (secondary N) is 1. The molecule has 0 radical (unpaired) electrons. The smallest absolute Gasteiger partial charge is 0.0161 e. The van der Waals surface area contributed by atoms with Crippen LogP contribution in [0, 0.1) is 0 Å². The fourth-order valence-electron chi connectivity index (χ4n) is 2.04. The first-order valence-corrected chi connectivity index (χ1v) is 7.74. The number of nitrogens with two attached hydrogens (primary N) is 1. The van der Waals surface area contributed by atoms with E-state index in [-0.39, 0.29) is 0 Å². The molecule has 0 aliphatic carbocycles. The van der Waals surface area contributed by atoms with Gasteiger partial charge in [0.15, 0.2) is 0 Å². The molecule has 0 aromatic rings. The normalized spacial score (nSPS) is 12.9. The summed E-state index contributed by atoms with van der Waals surface area (Å²) in [6, 6.07) is 0.480. The summed E-state index contributed by atoms with van der Waals surface area (Å²) in [5, 5.41) is 3.43. The molecule has 17 heavy (non-hydrogen) atoms. The van der Waals surface area contributed by atoms with E-state index in [2.05, 4.69) is 19.2 Å². The third-order valence-corrected chi connectivity index (χ3v) is 3.38. The van der Waals surface area contributed by atoms with Gasteiger partial charge in [0.25, 0.3) is 0 Å². The zero-order valence-electron chi connectivity index (χ0n) is 12.1. The van der Waals surface area contributed by atoms with Crippen LogP contribution in [-0.4, -0.2) is 19.1 Å². The van der Waals surface area contributed by atoms with Gasteiger partial charge in [0, 0.05) is 12.6 Å². The van der Waals surface area contributed by atoms with E-state index in [1.54, 1.807) is 0 Å². The molecule has 0 amide bonds. The van der Waals surface area contributed by atoms with Crippen LogP contribution in [0.25, 0.3) is 0 Å². The van der Waals surface area contributed by atoms with Gasteiger partial charge in [0.2, 0.25) is 0 Å². The fraction of sp³-hybridized carbons (Fsp3) is 1.00. The van der Waals surface area contributed by atoms with Crippen LogP contribution in [0.4, 0.5) is 0 Å². The zero-order chi connectivity index (χ0) is 12.8. The lowest BCUT2D eigenvalue weighted by molar-refractivity contribution is 0.511. The molecule has 2 nitrogen and oxygen atoms in total. The molecule has 104 valence electrons. The molecule has 0 spiro atoms. The van der Waals surface area contributed by atoms with Crippen LogP contribution in [0.15, 0.2) is 0 Å². The molecule has 0 saturated carbocycles. The quantitative estimate of drug-likeness (QED) is 0.482. The van der Waals surface area contributed by atoms with Crippen LogP contribution in [0.1, 0.15) is 78.1 Å². The summed E-state index contributed by atoms with van der Waals surface area (Å²) in [7, 11) is 0. The molecule has 0 fully saturated rings. The molecular weight excluding hydrogens is 208 g/mol. The third kappa shape index (κ3) is 13.9. The van der Waals surface area contributed by atoms with Crippen molar-refractivity contribution in [3.05, 3.63) is 0 Å². The Hall–Kier alpha value is -0.0800. The van der Waals surface area contributed by atoms with E-state index in [0.717, 1.165) is 13.1 Å². The summed E-state index contributed by atoms with van der Waals surface area (Å²) in [6.45, 7) is 6.31. The van der Waals surface area contributed by atoms with E-state index in [4.69, 9.17) is 5.73 Å². The summed E-state index contributed by atoms with van der Waals surface area (Å²) in [5.74, 6) is 0. The predicted octanol–water partition coefficient (Wildman–Crippen LogP) is 3.84. The summed E-state index contributed by atoms with van der Waals surface area (Å²) in [4.78, 5) is 0. The Bertz CT molecular complexity index is 137. The Morgan fingerprint density at radius 2 is 1.29 bits per heavy atom. The lowest BCUT2D eigenvalue weighted by atomic mass is 10.1. The maximum Gasteiger partial charge on any atom is 0.0161 e. The van der Waals surface area contributed by atoms with Gasteiger partial charge in [-0.15, -0.1) is 0 Å². The summed E-state index contributed by atoms with van der Waals surface area (Å²) in [5.41, 5.74) is 5.54. The van der Waals surface area contributed by atoms with Crippen molar-refractivity contribution in [2.45, 2.75) is 84.1 Å². The highest BCUT2D eigenvalue weighted by Crippen LogP contribution is 2.10. The van der Waals surface area contributed by atoms with Gasteiger partial charge in [-0.25, -0.2) is 0 Å². The van der Waals surface area contributed by atoms with E-state index < -0.39 is 0 Å². The first-order chi connectivity index (χ1) is 8.31. The second-order valence-corrected chi connectivity index (χ2v) is 5.27. The van der Waals surface area contributed by atoms with Gasteiger partial charge in [-0.3, -0.25) is 0 Å². The molecule has 0 bridgehead atoms. The highest BCUT2D eigenvalue weighted by molar-refractivity contribution is 4.60. The summed E-state index contributed by atoms with van der Waals surface area (Å²) >= 11 is 0. The van der Waals surface area contributed by atoms with Crippen molar-refractivity contribution in [1.82, 2.24) is 5.32 Å². The van der Waals surface area contributed by atoms with Crippen LogP contribution in [0.5, 0.6) is 0 Å². The Kier molecular flexibility index (Phi) is 13.9. The second-order valence-electron chi connectivity index (χ2n) is 5.27.